The molecule has 0 atom stereocenters. The Morgan fingerprint density at radius 1 is 0.909 bits per heavy atom. The van der Waals surface area contributed by atoms with Gasteiger partial charge < -0.3 is 25.2 Å². The average molecular weight is 453 g/mol. The van der Waals surface area contributed by atoms with Gasteiger partial charge in [-0.2, -0.15) is 0 Å². The zero-order valence-corrected chi connectivity index (χ0v) is 18.3. The highest BCUT2D eigenvalue weighted by Crippen LogP contribution is 2.28. The van der Waals surface area contributed by atoms with Gasteiger partial charge in [-0.15, -0.1) is 0 Å². The highest BCUT2D eigenvalue weighted by atomic mass is 16.5. The molecule has 4 rings (SSSR count). The topological polar surface area (TPSA) is 114 Å². The van der Waals surface area contributed by atoms with Crippen molar-refractivity contribution in [1.29, 1.82) is 0 Å². The molecule has 174 valence electrons. The first-order valence-corrected chi connectivity index (χ1v) is 11.3. The predicted molar refractivity (Wildman–Crippen MR) is 121 cm³/mol. The van der Waals surface area contributed by atoms with E-state index >= 15 is 0 Å². The van der Waals surface area contributed by atoms with Gasteiger partial charge in [-0.3, -0.25) is 14.4 Å². The first-order chi connectivity index (χ1) is 16.0. The lowest BCUT2D eigenvalue weighted by molar-refractivity contribution is -0.143. The lowest BCUT2D eigenvalue weighted by Crippen LogP contribution is -2.34. The lowest BCUT2D eigenvalue weighted by atomic mass is 9.87. The molecule has 1 fully saturated rings. The van der Waals surface area contributed by atoms with Crippen molar-refractivity contribution in [2.75, 3.05) is 19.7 Å². The number of hydrogen-bond acceptors (Lipinski definition) is 5. The van der Waals surface area contributed by atoms with Gasteiger partial charge in [-0.25, -0.2) is 0 Å². The summed E-state index contributed by atoms with van der Waals surface area (Å²) in [7, 11) is 0. The molecule has 1 saturated carbocycles. The third-order valence-corrected chi connectivity index (χ3v) is 6.09. The normalized spacial score (nSPS) is 19.2. The van der Waals surface area contributed by atoms with E-state index in [2.05, 4.69) is 10.6 Å². The van der Waals surface area contributed by atoms with Crippen LogP contribution in [0, 0.1) is 5.92 Å². The maximum absolute atomic E-state index is 12.4. The monoisotopic (exact) mass is 452 g/mol. The van der Waals surface area contributed by atoms with Gasteiger partial charge in [0.15, 0.2) is 0 Å². The lowest BCUT2D eigenvalue weighted by Gasteiger charge is -2.26. The molecule has 2 amide bonds. The van der Waals surface area contributed by atoms with Crippen molar-refractivity contribution < 1.29 is 29.0 Å². The summed E-state index contributed by atoms with van der Waals surface area (Å²) in [5.74, 6) is 0.0776. The van der Waals surface area contributed by atoms with Crippen molar-refractivity contribution >= 4 is 17.8 Å². The van der Waals surface area contributed by atoms with Crippen LogP contribution in [0.3, 0.4) is 0 Å². The van der Waals surface area contributed by atoms with Gasteiger partial charge in [-0.1, -0.05) is 0 Å². The molecule has 0 bridgehead atoms. The maximum Gasteiger partial charge on any atom is 0.306 e. The molecule has 2 aromatic rings. The Bertz CT molecular complexity index is 1010. The standard InChI is InChI=1S/C25H28N2O6/c28-23(26-12-13-27-24(29)19-5-10-22-18(15-19)11-14-32-22)16-1-6-20(7-2-16)33-21-8-3-17(4-9-21)25(30)31/h1-2,5-7,10,15,17,21H,3-4,8-9,11-14H2,(H,26,28)(H,27,29)(H,30,31)/t17-,21+. The Morgan fingerprint density at radius 2 is 1.55 bits per heavy atom. The molecule has 0 aromatic heterocycles. The van der Waals surface area contributed by atoms with Crippen LogP contribution in [0.4, 0.5) is 0 Å². The van der Waals surface area contributed by atoms with Gasteiger partial charge in [0.05, 0.1) is 18.6 Å². The molecule has 1 aliphatic carbocycles. The van der Waals surface area contributed by atoms with Crippen LogP contribution >= 0.6 is 0 Å². The molecular weight excluding hydrogens is 424 g/mol. The minimum Gasteiger partial charge on any atom is -0.493 e. The summed E-state index contributed by atoms with van der Waals surface area (Å²) >= 11 is 0. The largest absolute Gasteiger partial charge is 0.493 e. The van der Waals surface area contributed by atoms with E-state index in [-0.39, 0.29) is 23.8 Å². The van der Waals surface area contributed by atoms with Crippen LogP contribution in [-0.4, -0.2) is 48.7 Å². The number of rotatable bonds is 8. The molecule has 0 unspecified atom stereocenters. The molecule has 8 heteroatoms. The summed E-state index contributed by atoms with van der Waals surface area (Å²) in [6, 6.07) is 12.3. The second kappa shape index (κ2) is 10.4. The van der Waals surface area contributed by atoms with Crippen LogP contribution < -0.4 is 20.1 Å². The third-order valence-electron chi connectivity index (χ3n) is 6.09. The van der Waals surface area contributed by atoms with Gasteiger partial charge in [0.1, 0.15) is 11.5 Å². The number of aliphatic carboxylic acids is 1. The Hall–Kier alpha value is -3.55. The number of hydrogen-bond donors (Lipinski definition) is 3. The summed E-state index contributed by atoms with van der Waals surface area (Å²) in [5, 5.41) is 14.7. The van der Waals surface area contributed by atoms with E-state index in [1.807, 2.05) is 12.1 Å². The molecule has 1 aliphatic heterocycles. The highest BCUT2D eigenvalue weighted by molar-refractivity contribution is 5.95. The van der Waals surface area contributed by atoms with Crippen LogP contribution in [-0.2, 0) is 11.2 Å². The summed E-state index contributed by atoms with van der Waals surface area (Å²) in [6.45, 7) is 1.27. The highest BCUT2D eigenvalue weighted by Gasteiger charge is 2.26. The fraction of sp³-hybridized carbons (Fsp3) is 0.400. The number of nitrogens with one attached hydrogen (secondary N) is 2. The first-order valence-electron chi connectivity index (χ1n) is 11.3. The fourth-order valence-electron chi connectivity index (χ4n) is 4.19. The van der Waals surface area contributed by atoms with Crippen LogP contribution in [0.25, 0.3) is 0 Å². The van der Waals surface area contributed by atoms with E-state index in [1.54, 1.807) is 30.3 Å². The molecule has 1 heterocycles. The van der Waals surface area contributed by atoms with Gasteiger partial charge in [0.2, 0.25) is 0 Å². The Balaban J connectivity index is 1.18. The van der Waals surface area contributed by atoms with Crippen LogP contribution in [0.2, 0.25) is 0 Å². The summed E-state index contributed by atoms with van der Waals surface area (Å²) in [4.78, 5) is 35.7. The average Bonchev–Trinajstić information content (AvgIpc) is 3.30. The SMILES string of the molecule is O=C(NCCNC(=O)c1ccc2c(c1)CCO2)c1ccc(O[C@H]2CC[C@@H](C(=O)O)CC2)cc1. The quantitative estimate of drug-likeness (QED) is 0.531. The maximum atomic E-state index is 12.4. The van der Waals surface area contributed by atoms with E-state index in [0.29, 0.717) is 62.3 Å². The zero-order chi connectivity index (χ0) is 23.2. The van der Waals surface area contributed by atoms with Gasteiger partial charge in [0, 0.05) is 30.6 Å². The van der Waals surface area contributed by atoms with Crippen LogP contribution in [0.5, 0.6) is 11.5 Å². The summed E-state index contributed by atoms with van der Waals surface area (Å²) in [6.07, 6.45) is 3.48. The first kappa shape index (κ1) is 22.6. The minimum absolute atomic E-state index is 0.00193. The molecule has 3 N–H and O–H groups in total. The number of carbonyl (C=O) groups is 3. The molecular formula is C25H28N2O6. The van der Waals surface area contributed by atoms with Gasteiger partial charge in [0.25, 0.3) is 11.8 Å². The van der Waals surface area contributed by atoms with E-state index in [4.69, 9.17) is 14.6 Å². The molecule has 2 aliphatic rings. The number of carboxylic acids is 1. The number of carboxylic acid groups (broad SMARTS) is 1. The van der Waals surface area contributed by atoms with Crippen molar-refractivity contribution in [3.8, 4) is 11.5 Å². The molecule has 0 radical (unpaired) electrons. The molecule has 33 heavy (non-hydrogen) atoms. The Labute approximate surface area is 192 Å². The smallest absolute Gasteiger partial charge is 0.306 e. The third kappa shape index (κ3) is 5.83. The van der Waals surface area contributed by atoms with Crippen LogP contribution in [0.15, 0.2) is 42.5 Å². The van der Waals surface area contributed by atoms with E-state index in [0.717, 1.165) is 17.7 Å². The Morgan fingerprint density at radius 3 is 2.21 bits per heavy atom. The van der Waals surface area contributed by atoms with Crippen molar-refractivity contribution in [2.45, 2.75) is 38.2 Å². The molecule has 0 spiro atoms. The molecule has 2 aromatic carbocycles. The fourth-order valence-corrected chi connectivity index (χ4v) is 4.19. The van der Waals surface area contributed by atoms with Gasteiger partial charge in [-0.05, 0) is 73.7 Å². The van der Waals surface area contributed by atoms with Crippen molar-refractivity contribution in [1.82, 2.24) is 10.6 Å². The van der Waals surface area contributed by atoms with Crippen molar-refractivity contribution in [2.24, 2.45) is 5.92 Å². The van der Waals surface area contributed by atoms with Crippen molar-refractivity contribution in [3.05, 3.63) is 59.2 Å². The van der Waals surface area contributed by atoms with Crippen LogP contribution in [0.1, 0.15) is 52.0 Å². The number of carbonyl (C=O) groups excluding carboxylic acids is 2. The minimum atomic E-state index is -0.735. The van der Waals surface area contributed by atoms with E-state index in [1.165, 1.54) is 0 Å². The second-order valence-electron chi connectivity index (χ2n) is 8.39. The molecule has 0 saturated heterocycles. The summed E-state index contributed by atoms with van der Waals surface area (Å²) < 4.78 is 11.4. The zero-order valence-electron chi connectivity index (χ0n) is 18.3. The van der Waals surface area contributed by atoms with Gasteiger partial charge >= 0.3 is 5.97 Å². The number of fused-ring (bicyclic) bond motifs is 1. The molecule has 8 nitrogen and oxygen atoms in total. The Kier molecular flexibility index (Phi) is 7.12. The number of benzene rings is 2. The predicted octanol–water partition coefficient (Wildman–Crippen LogP) is 2.80. The summed E-state index contributed by atoms with van der Waals surface area (Å²) in [5.41, 5.74) is 2.12. The van der Waals surface area contributed by atoms with Crippen molar-refractivity contribution in [3.63, 3.8) is 0 Å². The van der Waals surface area contributed by atoms with E-state index in [9.17, 15) is 14.4 Å². The number of ether oxygens (including phenoxy) is 2. The number of amides is 2. The van der Waals surface area contributed by atoms with E-state index < -0.39 is 5.97 Å². The second-order valence-corrected chi connectivity index (χ2v) is 8.39.